The SMILES string of the molecule is CC(O)C(NC(=O)C(Cc1cnc[nH]1)NC(=O)CN)C(=O)NC(Cc1ccc(O)cc1)C(=O)O. The van der Waals surface area contributed by atoms with Gasteiger partial charge in [0.1, 0.15) is 23.9 Å². The van der Waals surface area contributed by atoms with Gasteiger partial charge in [-0.05, 0) is 24.6 Å². The molecule has 0 aliphatic heterocycles. The minimum Gasteiger partial charge on any atom is -0.508 e. The molecule has 0 radical (unpaired) electrons. The van der Waals surface area contributed by atoms with E-state index < -0.39 is 47.9 Å². The maximum Gasteiger partial charge on any atom is 0.326 e. The lowest BCUT2D eigenvalue weighted by Gasteiger charge is -2.26. The van der Waals surface area contributed by atoms with Gasteiger partial charge in [-0.3, -0.25) is 14.4 Å². The fourth-order valence-electron chi connectivity index (χ4n) is 3.07. The summed E-state index contributed by atoms with van der Waals surface area (Å²) < 4.78 is 0. The van der Waals surface area contributed by atoms with Gasteiger partial charge in [0.05, 0.1) is 19.0 Å². The first kappa shape index (κ1) is 26.3. The Bertz CT molecular complexity index is 978. The van der Waals surface area contributed by atoms with Crippen molar-refractivity contribution >= 4 is 23.7 Å². The summed E-state index contributed by atoms with van der Waals surface area (Å²) >= 11 is 0. The van der Waals surface area contributed by atoms with Crippen LogP contribution in [0, 0.1) is 0 Å². The number of aliphatic hydroxyl groups is 1. The van der Waals surface area contributed by atoms with Gasteiger partial charge in [0, 0.05) is 24.7 Å². The third-order valence-corrected chi connectivity index (χ3v) is 4.87. The van der Waals surface area contributed by atoms with E-state index in [-0.39, 0.29) is 25.1 Å². The molecular weight excluding hydrogens is 448 g/mol. The minimum atomic E-state index is -1.51. The van der Waals surface area contributed by atoms with Crippen LogP contribution in [0.3, 0.4) is 0 Å². The number of carboxylic acids is 1. The molecule has 1 aromatic carbocycles. The third kappa shape index (κ3) is 7.86. The fourth-order valence-corrected chi connectivity index (χ4v) is 3.07. The molecule has 0 aliphatic rings. The molecule has 2 aromatic rings. The van der Waals surface area contributed by atoms with E-state index in [1.54, 1.807) is 0 Å². The number of aromatic amines is 1. The number of imidazole rings is 1. The number of carbonyl (C=O) groups excluding carboxylic acids is 3. The Morgan fingerprint density at radius 1 is 1.03 bits per heavy atom. The molecule has 0 bridgehead atoms. The molecule has 3 amide bonds. The summed E-state index contributed by atoms with van der Waals surface area (Å²) in [5, 5.41) is 36.1. The summed E-state index contributed by atoms with van der Waals surface area (Å²) in [4.78, 5) is 55.7. The van der Waals surface area contributed by atoms with Crippen LogP contribution in [0.5, 0.6) is 5.75 Å². The second-order valence-electron chi connectivity index (χ2n) is 7.60. The normalized spacial score (nSPS) is 14.3. The molecule has 0 spiro atoms. The molecule has 184 valence electrons. The molecule has 4 unspecified atom stereocenters. The number of aromatic nitrogens is 2. The number of carbonyl (C=O) groups is 4. The predicted molar refractivity (Wildman–Crippen MR) is 118 cm³/mol. The van der Waals surface area contributed by atoms with Crippen LogP contribution in [-0.4, -0.2) is 79.8 Å². The van der Waals surface area contributed by atoms with E-state index in [1.807, 2.05) is 0 Å². The number of nitrogens with zero attached hydrogens (tertiary/aromatic N) is 1. The van der Waals surface area contributed by atoms with Crippen molar-refractivity contribution in [2.24, 2.45) is 5.73 Å². The van der Waals surface area contributed by atoms with E-state index in [4.69, 9.17) is 5.73 Å². The average molecular weight is 476 g/mol. The standard InChI is InChI=1S/C21H28N6O7/c1-11(28)18(20(32)26-16(21(33)34)6-12-2-4-14(29)5-3-12)27-19(31)15(25-17(30)8-22)7-13-9-23-10-24-13/h2-5,9-11,15-16,18,28-29H,6-8,22H2,1H3,(H,23,24)(H,25,30)(H,26,32)(H,27,31)(H,33,34). The summed E-state index contributed by atoms with van der Waals surface area (Å²) in [6.45, 7) is 0.882. The number of phenols is 1. The highest BCUT2D eigenvalue weighted by molar-refractivity contribution is 5.94. The lowest BCUT2D eigenvalue weighted by molar-refractivity contribution is -0.143. The summed E-state index contributed by atoms with van der Waals surface area (Å²) in [6.07, 6.45) is 1.36. The van der Waals surface area contributed by atoms with Crippen molar-refractivity contribution in [2.45, 2.75) is 44.0 Å². The zero-order valence-corrected chi connectivity index (χ0v) is 18.4. The predicted octanol–water partition coefficient (Wildman–Crippen LogP) is -2.22. The number of aliphatic hydroxyl groups excluding tert-OH is 1. The summed E-state index contributed by atoms with van der Waals surface area (Å²) in [5.74, 6) is -3.66. The van der Waals surface area contributed by atoms with Crippen LogP contribution in [0.15, 0.2) is 36.8 Å². The van der Waals surface area contributed by atoms with Crippen LogP contribution in [0.4, 0.5) is 0 Å². The van der Waals surface area contributed by atoms with E-state index in [0.717, 1.165) is 0 Å². The number of benzene rings is 1. The summed E-state index contributed by atoms with van der Waals surface area (Å²) in [5.41, 5.74) is 6.37. The number of phenolic OH excluding ortho intramolecular Hbond substituents is 1. The van der Waals surface area contributed by atoms with E-state index in [9.17, 15) is 34.5 Å². The van der Waals surface area contributed by atoms with Crippen molar-refractivity contribution in [3.63, 3.8) is 0 Å². The van der Waals surface area contributed by atoms with Gasteiger partial charge in [0.2, 0.25) is 17.7 Å². The zero-order valence-electron chi connectivity index (χ0n) is 18.4. The quantitative estimate of drug-likeness (QED) is 0.166. The minimum absolute atomic E-state index is 0.00273. The maximum absolute atomic E-state index is 12.9. The van der Waals surface area contributed by atoms with Gasteiger partial charge < -0.3 is 42.0 Å². The molecule has 0 saturated carbocycles. The molecule has 2 rings (SSSR count). The van der Waals surface area contributed by atoms with Crippen molar-refractivity contribution < 1.29 is 34.5 Å². The van der Waals surface area contributed by atoms with Crippen molar-refractivity contribution in [3.8, 4) is 5.75 Å². The molecule has 4 atom stereocenters. The Hall–Kier alpha value is -3.97. The summed E-state index contributed by atoms with van der Waals surface area (Å²) in [6, 6.07) is 1.75. The molecule has 13 heteroatoms. The van der Waals surface area contributed by atoms with Crippen molar-refractivity contribution in [2.75, 3.05) is 6.54 Å². The lowest BCUT2D eigenvalue weighted by atomic mass is 10.0. The maximum atomic E-state index is 12.9. The number of amides is 3. The van der Waals surface area contributed by atoms with Crippen molar-refractivity contribution in [3.05, 3.63) is 48.0 Å². The highest BCUT2D eigenvalue weighted by Crippen LogP contribution is 2.12. The first-order valence-electron chi connectivity index (χ1n) is 10.4. The Morgan fingerprint density at radius 3 is 2.24 bits per heavy atom. The van der Waals surface area contributed by atoms with Gasteiger partial charge in [0.25, 0.3) is 0 Å². The number of aliphatic carboxylic acids is 1. The molecule has 0 saturated heterocycles. The average Bonchev–Trinajstić information content (AvgIpc) is 3.30. The number of hydrogen-bond acceptors (Lipinski definition) is 8. The number of nitrogens with one attached hydrogen (secondary N) is 4. The van der Waals surface area contributed by atoms with E-state index in [1.165, 1.54) is 43.7 Å². The number of H-pyrrole nitrogens is 1. The molecule has 1 aromatic heterocycles. The van der Waals surface area contributed by atoms with Gasteiger partial charge in [-0.25, -0.2) is 9.78 Å². The van der Waals surface area contributed by atoms with Gasteiger partial charge in [-0.1, -0.05) is 12.1 Å². The summed E-state index contributed by atoms with van der Waals surface area (Å²) in [7, 11) is 0. The monoisotopic (exact) mass is 476 g/mol. The second-order valence-corrected chi connectivity index (χ2v) is 7.60. The third-order valence-electron chi connectivity index (χ3n) is 4.87. The Morgan fingerprint density at radius 2 is 1.71 bits per heavy atom. The lowest BCUT2D eigenvalue weighted by Crippen LogP contribution is -2.59. The van der Waals surface area contributed by atoms with Crippen LogP contribution in [0.1, 0.15) is 18.2 Å². The largest absolute Gasteiger partial charge is 0.508 e. The van der Waals surface area contributed by atoms with E-state index >= 15 is 0 Å². The number of rotatable bonds is 12. The highest BCUT2D eigenvalue weighted by Gasteiger charge is 2.32. The molecule has 34 heavy (non-hydrogen) atoms. The number of nitrogens with two attached hydrogens (primary N) is 1. The molecule has 9 N–H and O–H groups in total. The number of carboxylic acid groups (broad SMARTS) is 1. The van der Waals surface area contributed by atoms with Crippen LogP contribution in [0.2, 0.25) is 0 Å². The molecule has 0 aliphatic carbocycles. The van der Waals surface area contributed by atoms with Crippen LogP contribution < -0.4 is 21.7 Å². The smallest absolute Gasteiger partial charge is 0.326 e. The Balaban J connectivity index is 2.12. The molecule has 13 nitrogen and oxygen atoms in total. The highest BCUT2D eigenvalue weighted by atomic mass is 16.4. The van der Waals surface area contributed by atoms with Gasteiger partial charge in [-0.2, -0.15) is 0 Å². The molecular formula is C21H28N6O7. The molecule has 1 heterocycles. The van der Waals surface area contributed by atoms with Gasteiger partial charge in [0.15, 0.2) is 0 Å². The van der Waals surface area contributed by atoms with Crippen molar-refractivity contribution in [1.29, 1.82) is 0 Å². The van der Waals surface area contributed by atoms with Crippen LogP contribution >= 0.6 is 0 Å². The van der Waals surface area contributed by atoms with Crippen molar-refractivity contribution in [1.82, 2.24) is 25.9 Å². The van der Waals surface area contributed by atoms with E-state index in [2.05, 4.69) is 25.9 Å². The van der Waals surface area contributed by atoms with E-state index in [0.29, 0.717) is 11.3 Å². The first-order valence-corrected chi connectivity index (χ1v) is 10.4. The Kier molecular flexibility index (Phi) is 9.52. The molecule has 0 fully saturated rings. The van der Waals surface area contributed by atoms with Gasteiger partial charge >= 0.3 is 5.97 Å². The Labute approximate surface area is 194 Å². The first-order chi connectivity index (χ1) is 16.1. The zero-order chi connectivity index (χ0) is 25.3. The topological polar surface area (TPSA) is 220 Å². The second kappa shape index (κ2) is 12.3. The number of hydrogen-bond donors (Lipinski definition) is 8. The van der Waals surface area contributed by atoms with Crippen LogP contribution in [-0.2, 0) is 32.0 Å². The van der Waals surface area contributed by atoms with Crippen LogP contribution in [0.25, 0.3) is 0 Å². The van der Waals surface area contributed by atoms with Gasteiger partial charge in [-0.15, -0.1) is 0 Å². The fraction of sp³-hybridized carbons (Fsp3) is 0.381. The number of aromatic hydroxyl groups is 1.